The van der Waals surface area contributed by atoms with Gasteiger partial charge in [-0.3, -0.25) is 4.90 Å². The van der Waals surface area contributed by atoms with Crippen molar-refractivity contribution >= 4 is 17.4 Å². The Hall–Kier alpha value is -2.41. The zero-order valence-corrected chi connectivity index (χ0v) is 22.9. The van der Waals surface area contributed by atoms with Crippen LogP contribution in [0.15, 0.2) is 48.9 Å². The third-order valence-corrected chi connectivity index (χ3v) is 7.85. The molecule has 2 atom stereocenters. The normalized spacial score (nSPS) is 16.7. The monoisotopic (exact) mass is 508 g/mol. The van der Waals surface area contributed by atoms with E-state index in [2.05, 4.69) is 77.0 Å². The van der Waals surface area contributed by atoms with Gasteiger partial charge in [-0.1, -0.05) is 61.7 Å². The van der Waals surface area contributed by atoms with Crippen molar-refractivity contribution in [3.8, 4) is 11.4 Å². The van der Waals surface area contributed by atoms with Crippen molar-refractivity contribution in [3.63, 3.8) is 0 Å². The van der Waals surface area contributed by atoms with Gasteiger partial charge in [-0.2, -0.15) is 0 Å². The lowest BCUT2D eigenvalue weighted by molar-refractivity contribution is 0.153. The number of hydrogen-bond acceptors (Lipinski definition) is 5. The second-order valence-corrected chi connectivity index (χ2v) is 10.7. The number of piperidine rings is 1. The molecule has 3 heterocycles. The number of aromatic amines is 1. The van der Waals surface area contributed by atoms with E-state index in [0.717, 1.165) is 56.4 Å². The second-order valence-electron chi connectivity index (χ2n) is 10.3. The van der Waals surface area contributed by atoms with Crippen LogP contribution in [0.2, 0.25) is 5.02 Å². The number of pyridine rings is 1. The maximum Gasteiger partial charge on any atom is 0.147 e. The van der Waals surface area contributed by atoms with E-state index in [9.17, 15) is 0 Å². The first kappa shape index (κ1) is 26.6. The van der Waals surface area contributed by atoms with Gasteiger partial charge in [0.25, 0.3) is 0 Å². The number of benzene rings is 1. The zero-order valence-electron chi connectivity index (χ0n) is 22.2. The maximum atomic E-state index is 6.73. The average Bonchev–Trinajstić information content (AvgIpc) is 3.44. The molecular weight excluding hydrogens is 468 g/mol. The SMILES string of the molecule is CCC(C)CN(CCNC1CCN([C@H](C)c2ccc(C)cc2)CC1)c1ncc(-c2ncc[nH]2)cc1Cl. The Bertz CT molecular complexity index is 1060. The van der Waals surface area contributed by atoms with Crippen LogP contribution in [0.3, 0.4) is 0 Å². The minimum atomic E-state index is 0.468. The molecule has 0 saturated carbocycles. The van der Waals surface area contributed by atoms with Gasteiger partial charge < -0.3 is 15.2 Å². The van der Waals surface area contributed by atoms with Crippen LogP contribution in [0.25, 0.3) is 11.4 Å². The highest BCUT2D eigenvalue weighted by Gasteiger charge is 2.24. The first-order valence-corrected chi connectivity index (χ1v) is 13.8. The number of aryl methyl sites for hydroxylation is 1. The van der Waals surface area contributed by atoms with Gasteiger partial charge in [0, 0.05) is 69.0 Å². The highest BCUT2D eigenvalue weighted by molar-refractivity contribution is 6.33. The van der Waals surface area contributed by atoms with E-state index in [1.54, 1.807) is 6.20 Å². The third-order valence-electron chi connectivity index (χ3n) is 7.57. The number of likely N-dealkylation sites (tertiary alicyclic amines) is 1. The van der Waals surface area contributed by atoms with Crippen molar-refractivity contribution in [1.29, 1.82) is 0 Å². The first-order valence-electron chi connectivity index (χ1n) is 13.4. The van der Waals surface area contributed by atoms with E-state index in [0.29, 0.717) is 23.0 Å². The van der Waals surface area contributed by atoms with Crippen molar-refractivity contribution < 1.29 is 0 Å². The summed E-state index contributed by atoms with van der Waals surface area (Å²) < 4.78 is 0. The van der Waals surface area contributed by atoms with Crippen molar-refractivity contribution in [3.05, 3.63) is 65.1 Å². The molecule has 6 nitrogen and oxygen atoms in total. The summed E-state index contributed by atoms with van der Waals surface area (Å²) in [6, 6.07) is 12.0. The van der Waals surface area contributed by atoms with Gasteiger partial charge in [0.15, 0.2) is 0 Å². The summed E-state index contributed by atoms with van der Waals surface area (Å²) in [5.41, 5.74) is 3.64. The summed E-state index contributed by atoms with van der Waals surface area (Å²) >= 11 is 6.73. The molecule has 1 aliphatic rings. The number of halogens is 1. The Balaban J connectivity index is 1.31. The van der Waals surface area contributed by atoms with Gasteiger partial charge in [-0.15, -0.1) is 0 Å². The van der Waals surface area contributed by atoms with Crippen LogP contribution < -0.4 is 10.2 Å². The molecule has 0 spiro atoms. The topological polar surface area (TPSA) is 60.1 Å². The van der Waals surface area contributed by atoms with Crippen LogP contribution in [0.5, 0.6) is 0 Å². The summed E-state index contributed by atoms with van der Waals surface area (Å²) in [4.78, 5) is 17.1. The van der Waals surface area contributed by atoms with Gasteiger partial charge in [0.2, 0.25) is 0 Å². The maximum absolute atomic E-state index is 6.73. The van der Waals surface area contributed by atoms with E-state index in [4.69, 9.17) is 16.6 Å². The third kappa shape index (κ3) is 6.87. The molecule has 4 rings (SSSR count). The van der Waals surface area contributed by atoms with Crippen molar-refractivity contribution in [2.45, 2.75) is 59.0 Å². The molecule has 1 saturated heterocycles. The molecule has 0 aliphatic carbocycles. The predicted molar refractivity (Wildman–Crippen MR) is 151 cm³/mol. The molecule has 0 radical (unpaired) electrons. The number of rotatable bonds is 11. The lowest BCUT2D eigenvalue weighted by Crippen LogP contribution is -2.45. The van der Waals surface area contributed by atoms with Crippen molar-refractivity contribution in [2.75, 3.05) is 37.6 Å². The lowest BCUT2D eigenvalue weighted by Gasteiger charge is -2.37. The number of nitrogens with zero attached hydrogens (tertiary/aromatic N) is 4. The van der Waals surface area contributed by atoms with Crippen LogP contribution in [0, 0.1) is 12.8 Å². The fraction of sp³-hybridized carbons (Fsp3) is 0.517. The highest BCUT2D eigenvalue weighted by Crippen LogP contribution is 2.28. The average molecular weight is 509 g/mol. The van der Waals surface area contributed by atoms with Gasteiger partial charge in [-0.05, 0) is 44.2 Å². The number of nitrogens with one attached hydrogen (secondary N) is 2. The van der Waals surface area contributed by atoms with Crippen LogP contribution in [0.1, 0.15) is 57.2 Å². The summed E-state index contributed by atoms with van der Waals surface area (Å²) in [6.07, 6.45) is 8.90. The molecular formula is C29H41ClN6. The standard InChI is InChI=1S/C29H41ClN6/c1-5-21(2)20-36(29-27(30)18-25(19-34-29)28-32-12-13-33-28)17-14-31-26-10-15-35(16-11-26)23(4)24-8-6-22(3)7-9-24/h6-9,12-13,18-19,21,23,26,31H,5,10-11,14-17,20H2,1-4H3,(H,32,33)/t21?,23-/m1/s1. The van der Waals surface area contributed by atoms with Crippen molar-refractivity contribution in [2.24, 2.45) is 5.92 Å². The number of aromatic nitrogens is 3. The fourth-order valence-electron chi connectivity index (χ4n) is 4.96. The minimum absolute atomic E-state index is 0.468. The van der Waals surface area contributed by atoms with E-state index >= 15 is 0 Å². The Morgan fingerprint density at radius 1 is 1.17 bits per heavy atom. The molecule has 194 valence electrons. The second kappa shape index (κ2) is 12.7. The van der Waals surface area contributed by atoms with Gasteiger partial charge in [-0.25, -0.2) is 9.97 Å². The van der Waals surface area contributed by atoms with E-state index in [1.807, 2.05) is 18.5 Å². The largest absolute Gasteiger partial charge is 0.354 e. The predicted octanol–water partition coefficient (Wildman–Crippen LogP) is 6.10. The van der Waals surface area contributed by atoms with Crippen LogP contribution in [0.4, 0.5) is 5.82 Å². The molecule has 3 aromatic rings. The smallest absolute Gasteiger partial charge is 0.147 e. The zero-order chi connectivity index (χ0) is 25.5. The quantitative estimate of drug-likeness (QED) is 0.327. The number of hydrogen-bond donors (Lipinski definition) is 2. The summed E-state index contributed by atoms with van der Waals surface area (Å²) in [7, 11) is 0. The van der Waals surface area contributed by atoms with Crippen LogP contribution in [-0.4, -0.2) is 58.6 Å². The molecule has 2 aromatic heterocycles. The van der Waals surface area contributed by atoms with E-state index < -0.39 is 0 Å². The minimum Gasteiger partial charge on any atom is -0.354 e. The Labute approximate surface area is 221 Å². The molecule has 1 unspecified atom stereocenters. The van der Waals surface area contributed by atoms with Crippen LogP contribution in [-0.2, 0) is 0 Å². The Morgan fingerprint density at radius 2 is 1.92 bits per heavy atom. The molecule has 36 heavy (non-hydrogen) atoms. The number of H-pyrrole nitrogens is 1. The van der Waals surface area contributed by atoms with Crippen LogP contribution >= 0.6 is 11.6 Å². The van der Waals surface area contributed by atoms with E-state index in [-0.39, 0.29) is 0 Å². The highest BCUT2D eigenvalue weighted by atomic mass is 35.5. The molecule has 7 heteroatoms. The van der Waals surface area contributed by atoms with Gasteiger partial charge in [0.05, 0.1) is 5.02 Å². The molecule has 1 aliphatic heterocycles. The fourth-order valence-corrected chi connectivity index (χ4v) is 5.24. The summed E-state index contributed by atoms with van der Waals surface area (Å²) in [5.74, 6) is 2.21. The lowest BCUT2D eigenvalue weighted by atomic mass is 9.99. The Morgan fingerprint density at radius 3 is 2.56 bits per heavy atom. The number of imidazole rings is 1. The summed E-state index contributed by atoms with van der Waals surface area (Å²) in [6.45, 7) is 14.0. The van der Waals surface area contributed by atoms with Gasteiger partial charge >= 0.3 is 0 Å². The molecule has 0 bridgehead atoms. The molecule has 1 aromatic carbocycles. The summed E-state index contributed by atoms with van der Waals surface area (Å²) in [5, 5.41) is 4.49. The van der Waals surface area contributed by atoms with Crippen molar-refractivity contribution in [1.82, 2.24) is 25.2 Å². The molecule has 1 fully saturated rings. The Kier molecular flexibility index (Phi) is 9.41. The molecule has 2 N–H and O–H groups in total. The van der Waals surface area contributed by atoms with E-state index in [1.165, 1.54) is 24.0 Å². The molecule has 0 amide bonds. The first-order chi connectivity index (χ1) is 17.4. The number of anilines is 1. The van der Waals surface area contributed by atoms with Gasteiger partial charge in [0.1, 0.15) is 11.6 Å².